The van der Waals surface area contributed by atoms with Crippen molar-refractivity contribution in [2.45, 2.75) is 13.3 Å². The lowest BCUT2D eigenvalue weighted by molar-refractivity contribution is 0.0686. The normalized spacial score (nSPS) is 10.7. The second-order valence-electron chi connectivity index (χ2n) is 4.15. The molecule has 0 spiro atoms. The summed E-state index contributed by atoms with van der Waals surface area (Å²) in [7, 11) is 0. The summed E-state index contributed by atoms with van der Waals surface area (Å²) >= 11 is 2.91. The van der Waals surface area contributed by atoms with Crippen molar-refractivity contribution in [2.75, 3.05) is 0 Å². The molecule has 1 heterocycles. The molecule has 0 fully saturated rings. The van der Waals surface area contributed by atoms with Crippen LogP contribution in [0.3, 0.4) is 0 Å². The second kappa shape index (κ2) is 5.72. The van der Waals surface area contributed by atoms with Gasteiger partial charge in [0.05, 0.1) is 4.47 Å². The summed E-state index contributed by atoms with van der Waals surface area (Å²) in [5.41, 5.74) is -1.43. The molecule has 5 nitrogen and oxygen atoms in total. The van der Waals surface area contributed by atoms with Gasteiger partial charge in [-0.05, 0) is 28.4 Å². The number of hydrogen-bond donors (Lipinski definition) is 1. The number of aromatic carboxylic acids is 1. The highest BCUT2D eigenvalue weighted by atomic mass is 79.9. The smallest absolute Gasteiger partial charge is 0.360 e. The summed E-state index contributed by atoms with van der Waals surface area (Å²) in [6, 6.07) is 1.76. The summed E-state index contributed by atoms with van der Waals surface area (Å²) in [5, 5.41) is 12.6. The molecule has 1 aromatic carbocycles. The van der Waals surface area contributed by atoms with Gasteiger partial charge in [-0.1, -0.05) is 6.92 Å². The Kier molecular flexibility index (Phi) is 4.17. The van der Waals surface area contributed by atoms with E-state index in [-0.39, 0.29) is 22.1 Å². The van der Waals surface area contributed by atoms with E-state index < -0.39 is 28.7 Å². The summed E-state index contributed by atoms with van der Waals surface area (Å²) in [6.07, 6.45) is 1.49. The first-order valence-electron chi connectivity index (χ1n) is 5.86. The Balaban J connectivity index is 2.76. The topological polar surface area (TPSA) is 72.2 Å². The molecule has 2 rings (SSSR count). The Morgan fingerprint density at radius 2 is 2.05 bits per heavy atom. The molecule has 0 aliphatic rings. The Morgan fingerprint density at radius 1 is 1.38 bits per heavy atom. The zero-order valence-corrected chi connectivity index (χ0v) is 12.3. The lowest BCUT2D eigenvalue weighted by Gasteiger charge is -2.10. The van der Waals surface area contributed by atoms with E-state index in [1.165, 1.54) is 6.20 Å². The molecule has 2 aromatic rings. The third-order valence-electron chi connectivity index (χ3n) is 2.81. The molecular weight excluding hydrogens is 350 g/mol. The van der Waals surface area contributed by atoms with Crippen LogP contribution in [-0.2, 0) is 6.42 Å². The highest BCUT2D eigenvalue weighted by Gasteiger charge is 2.18. The summed E-state index contributed by atoms with van der Waals surface area (Å²) < 4.78 is 28.0. The number of rotatable bonds is 3. The van der Waals surface area contributed by atoms with Gasteiger partial charge in [0.15, 0.2) is 5.82 Å². The fourth-order valence-electron chi connectivity index (χ4n) is 1.74. The van der Waals surface area contributed by atoms with Crippen molar-refractivity contribution in [1.29, 1.82) is 0 Å². The minimum absolute atomic E-state index is 0.00526. The highest BCUT2D eigenvalue weighted by molar-refractivity contribution is 9.10. The predicted molar refractivity (Wildman–Crippen MR) is 73.8 cm³/mol. The highest BCUT2D eigenvalue weighted by Crippen LogP contribution is 2.22. The standard InChI is InChI=1S/C13H9BrF2N2O3/c1-2-6-5-18(17-11(12(6)19)13(20)21)10-3-7(14)8(15)4-9(10)16/h3-5H,2H2,1H3,(H,20,21). The van der Waals surface area contributed by atoms with Crippen LogP contribution >= 0.6 is 15.9 Å². The molecule has 8 heteroatoms. The number of carboxylic acids is 1. The quantitative estimate of drug-likeness (QED) is 0.855. The van der Waals surface area contributed by atoms with Gasteiger partial charge in [0, 0.05) is 17.8 Å². The van der Waals surface area contributed by atoms with Crippen LogP contribution in [0, 0.1) is 11.6 Å². The molecule has 0 saturated carbocycles. The van der Waals surface area contributed by atoms with Crippen LogP contribution in [0.2, 0.25) is 0 Å². The molecular formula is C13H9BrF2N2O3. The lowest BCUT2D eigenvalue weighted by atomic mass is 10.2. The summed E-state index contributed by atoms with van der Waals surface area (Å²) in [4.78, 5) is 22.9. The molecule has 0 unspecified atom stereocenters. The van der Waals surface area contributed by atoms with Crippen molar-refractivity contribution in [2.24, 2.45) is 0 Å². The SMILES string of the molecule is CCc1cn(-c2cc(Br)c(F)cc2F)nc(C(=O)O)c1=O. The number of nitrogens with zero attached hydrogens (tertiary/aromatic N) is 2. The Hall–Kier alpha value is -2.09. The van der Waals surface area contributed by atoms with Gasteiger partial charge < -0.3 is 5.11 Å². The molecule has 0 atom stereocenters. The number of carboxylic acid groups (broad SMARTS) is 1. The predicted octanol–water partition coefficient (Wildman–Crippen LogP) is 2.53. The number of halogens is 3. The van der Waals surface area contributed by atoms with Crippen LogP contribution in [0.4, 0.5) is 8.78 Å². The molecule has 0 radical (unpaired) electrons. The maximum absolute atomic E-state index is 13.8. The van der Waals surface area contributed by atoms with E-state index in [4.69, 9.17) is 5.11 Å². The molecule has 0 amide bonds. The van der Waals surface area contributed by atoms with Gasteiger partial charge in [-0.2, -0.15) is 5.10 Å². The summed E-state index contributed by atoms with van der Waals surface area (Å²) in [6.45, 7) is 1.66. The molecule has 110 valence electrons. The molecule has 0 saturated heterocycles. The van der Waals surface area contributed by atoms with E-state index in [1.807, 2.05) is 0 Å². The number of benzene rings is 1. The van der Waals surface area contributed by atoms with Crippen molar-refractivity contribution in [3.63, 3.8) is 0 Å². The van der Waals surface area contributed by atoms with Gasteiger partial charge >= 0.3 is 5.97 Å². The molecule has 21 heavy (non-hydrogen) atoms. The van der Waals surface area contributed by atoms with E-state index in [1.54, 1.807) is 6.92 Å². The van der Waals surface area contributed by atoms with E-state index in [2.05, 4.69) is 21.0 Å². The maximum atomic E-state index is 13.8. The first-order valence-corrected chi connectivity index (χ1v) is 6.65. The zero-order chi connectivity index (χ0) is 15.7. The minimum atomic E-state index is -1.51. The maximum Gasteiger partial charge on any atom is 0.360 e. The number of hydrogen-bond acceptors (Lipinski definition) is 3. The van der Waals surface area contributed by atoms with Crippen molar-refractivity contribution >= 4 is 21.9 Å². The summed E-state index contributed by atoms with van der Waals surface area (Å²) in [5.74, 6) is -3.23. The van der Waals surface area contributed by atoms with Crippen molar-refractivity contribution in [1.82, 2.24) is 9.78 Å². The van der Waals surface area contributed by atoms with Crippen LogP contribution in [0.1, 0.15) is 23.0 Å². The fraction of sp³-hybridized carbons (Fsp3) is 0.154. The molecule has 1 N–H and O–H groups in total. The van der Waals surface area contributed by atoms with Gasteiger partial charge in [0.2, 0.25) is 11.1 Å². The van der Waals surface area contributed by atoms with Crippen LogP contribution in [0.25, 0.3) is 5.69 Å². The minimum Gasteiger partial charge on any atom is -0.476 e. The largest absolute Gasteiger partial charge is 0.476 e. The average molecular weight is 359 g/mol. The third kappa shape index (κ3) is 2.85. The van der Waals surface area contributed by atoms with Gasteiger partial charge in [-0.3, -0.25) is 4.79 Å². The molecule has 0 aliphatic heterocycles. The van der Waals surface area contributed by atoms with E-state index >= 15 is 0 Å². The average Bonchev–Trinajstić information content (AvgIpc) is 2.43. The first-order chi connectivity index (χ1) is 9.85. The Morgan fingerprint density at radius 3 is 2.62 bits per heavy atom. The van der Waals surface area contributed by atoms with Crippen LogP contribution in [0.5, 0.6) is 0 Å². The fourth-order valence-corrected chi connectivity index (χ4v) is 2.07. The van der Waals surface area contributed by atoms with Crippen LogP contribution in [-0.4, -0.2) is 20.9 Å². The third-order valence-corrected chi connectivity index (χ3v) is 3.42. The van der Waals surface area contributed by atoms with E-state index in [0.717, 1.165) is 10.7 Å². The van der Waals surface area contributed by atoms with Gasteiger partial charge in [0.1, 0.15) is 11.5 Å². The van der Waals surface area contributed by atoms with Crippen molar-refractivity contribution < 1.29 is 18.7 Å². The molecule has 0 aliphatic carbocycles. The van der Waals surface area contributed by atoms with Gasteiger partial charge in [0.25, 0.3) is 0 Å². The number of carbonyl (C=O) groups is 1. The van der Waals surface area contributed by atoms with Gasteiger partial charge in [-0.25, -0.2) is 18.3 Å². The first kappa shape index (κ1) is 15.3. The van der Waals surface area contributed by atoms with E-state index in [9.17, 15) is 18.4 Å². The zero-order valence-electron chi connectivity index (χ0n) is 10.7. The van der Waals surface area contributed by atoms with Crippen LogP contribution in [0.15, 0.2) is 27.6 Å². The lowest BCUT2D eigenvalue weighted by Crippen LogP contribution is -2.25. The van der Waals surface area contributed by atoms with Crippen molar-refractivity contribution in [3.8, 4) is 5.69 Å². The Labute approximate surface area is 126 Å². The number of aromatic nitrogens is 2. The van der Waals surface area contributed by atoms with E-state index in [0.29, 0.717) is 6.07 Å². The van der Waals surface area contributed by atoms with Crippen LogP contribution < -0.4 is 5.43 Å². The molecule has 0 bridgehead atoms. The number of aryl methyl sites for hydroxylation is 1. The van der Waals surface area contributed by atoms with Crippen molar-refractivity contribution in [3.05, 3.63) is 55.9 Å². The molecule has 1 aromatic heterocycles. The monoisotopic (exact) mass is 358 g/mol. The second-order valence-corrected chi connectivity index (χ2v) is 5.01. The Bertz CT molecular complexity index is 790. The van der Waals surface area contributed by atoms with Gasteiger partial charge in [-0.15, -0.1) is 0 Å².